The van der Waals surface area contributed by atoms with Gasteiger partial charge >= 0.3 is 0 Å². The molecule has 2 nitrogen and oxygen atoms in total. The second-order valence-corrected chi connectivity index (χ2v) is 7.46. The first-order valence-corrected chi connectivity index (χ1v) is 8.97. The van der Waals surface area contributed by atoms with Crippen LogP contribution < -0.4 is 0 Å². The monoisotopic (exact) mass is 325 g/mol. The van der Waals surface area contributed by atoms with Gasteiger partial charge in [-0.1, -0.05) is 43.8 Å². The van der Waals surface area contributed by atoms with Gasteiger partial charge in [-0.05, 0) is 30.5 Å². The Morgan fingerprint density at radius 2 is 2.09 bits per heavy atom. The fourth-order valence-corrected chi connectivity index (χ4v) is 4.40. The molecule has 0 radical (unpaired) electrons. The fraction of sp³-hybridized carbons (Fsp3) is 0.350. The molecule has 1 aromatic heterocycles. The molecule has 3 heteroatoms. The zero-order chi connectivity index (χ0) is 16.4. The summed E-state index contributed by atoms with van der Waals surface area (Å²) in [6, 6.07) is 13.1. The van der Waals surface area contributed by atoms with Crippen molar-refractivity contribution in [3.05, 3.63) is 69.4 Å². The molecule has 0 N–H and O–H groups in total. The van der Waals surface area contributed by atoms with Gasteiger partial charge in [-0.3, -0.25) is 9.69 Å². The topological polar surface area (TPSA) is 20.3 Å². The smallest absolute Gasteiger partial charge is 0.156 e. The van der Waals surface area contributed by atoms with E-state index in [0.29, 0.717) is 18.0 Å². The number of rotatable bonds is 5. The molecule has 1 aliphatic rings. The summed E-state index contributed by atoms with van der Waals surface area (Å²) in [4.78, 5) is 16.8. The predicted molar refractivity (Wildman–Crippen MR) is 97.1 cm³/mol. The predicted octanol–water partition coefficient (Wildman–Crippen LogP) is 4.40. The molecular formula is C20H23NOS. The maximum Gasteiger partial charge on any atom is 0.156 e. The van der Waals surface area contributed by atoms with E-state index in [0.717, 1.165) is 19.5 Å². The van der Waals surface area contributed by atoms with Crippen LogP contribution in [0.3, 0.4) is 0 Å². The van der Waals surface area contributed by atoms with E-state index in [1.54, 1.807) is 6.92 Å². The number of thiophene rings is 1. The van der Waals surface area contributed by atoms with E-state index in [9.17, 15) is 4.79 Å². The number of aryl methyl sites for hydroxylation is 1. The summed E-state index contributed by atoms with van der Waals surface area (Å²) in [5, 5.41) is 0. The standard InChI is InChI=1S/C20H23NOS/c1-4-17-10-18-19(16-8-6-5-7-9-16)12-21(13-20(18)23-17)11-14(2)15(3)22/h5-10,19H,2,4,11-13H2,1,3H3/t19-/m1/s1. The van der Waals surface area contributed by atoms with Gasteiger partial charge in [-0.25, -0.2) is 0 Å². The minimum atomic E-state index is 0.0903. The summed E-state index contributed by atoms with van der Waals surface area (Å²) in [6.45, 7) is 10.3. The summed E-state index contributed by atoms with van der Waals surface area (Å²) in [5.74, 6) is 0.476. The van der Waals surface area contributed by atoms with Gasteiger partial charge in [-0.2, -0.15) is 0 Å². The molecule has 0 amide bonds. The Balaban J connectivity index is 1.93. The van der Waals surface area contributed by atoms with Crippen molar-refractivity contribution in [2.45, 2.75) is 32.7 Å². The number of nitrogens with zero attached hydrogens (tertiary/aromatic N) is 1. The maximum absolute atomic E-state index is 11.5. The summed E-state index contributed by atoms with van der Waals surface area (Å²) in [7, 11) is 0. The molecule has 0 fully saturated rings. The van der Waals surface area contributed by atoms with Crippen molar-refractivity contribution in [1.82, 2.24) is 4.90 Å². The molecule has 120 valence electrons. The molecule has 0 unspecified atom stereocenters. The van der Waals surface area contributed by atoms with Crippen molar-refractivity contribution in [2.75, 3.05) is 13.1 Å². The van der Waals surface area contributed by atoms with Gasteiger partial charge in [-0.15, -0.1) is 11.3 Å². The van der Waals surface area contributed by atoms with Crippen LogP contribution in [0.2, 0.25) is 0 Å². The Hall–Kier alpha value is -1.71. The van der Waals surface area contributed by atoms with Crippen LogP contribution in [0, 0.1) is 0 Å². The Morgan fingerprint density at radius 1 is 1.35 bits per heavy atom. The van der Waals surface area contributed by atoms with E-state index in [4.69, 9.17) is 0 Å². The van der Waals surface area contributed by atoms with E-state index >= 15 is 0 Å². The van der Waals surface area contributed by atoms with E-state index < -0.39 is 0 Å². The lowest BCUT2D eigenvalue weighted by Gasteiger charge is -2.33. The first-order chi connectivity index (χ1) is 11.1. The minimum Gasteiger partial charge on any atom is -0.295 e. The van der Waals surface area contributed by atoms with Crippen molar-refractivity contribution >= 4 is 17.1 Å². The third-order valence-corrected chi connectivity index (χ3v) is 5.82. The number of carbonyl (C=O) groups excluding carboxylic acids is 1. The second kappa shape index (κ2) is 6.81. The van der Waals surface area contributed by atoms with E-state index in [-0.39, 0.29) is 5.78 Å². The lowest BCUT2D eigenvalue weighted by molar-refractivity contribution is -0.113. The molecule has 1 aromatic carbocycles. The van der Waals surface area contributed by atoms with Crippen LogP contribution in [-0.4, -0.2) is 23.8 Å². The molecule has 2 aromatic rings. The molecule has 2 heterocycles. The van der Waals surface area contributed by atoms with Crippen molar-refractivity contribution in [2.24, 2.45) is 0 Å². The maximum atomic E-state index is 11.5. The highest BCUT2D eigenvalue weighted by molar-refractivity contribution is 7.12. The normalized spacial score (nSPS) is 17.7. The zero-order valence-electron chi connectivity index (χ0n) is 13.8. The van der Waals surface area contributed by atoms with Gasteiger partial charge in [0.25, 0.3) is 0 Å². The molecule has 3 rings (SSSR count). The quantitative estimate of drug-likeness (QED) is 0.759. The Bertz CT molecular complexity index is 716. The zero-order valence-corrected chi connectivity index (χ0v) is 14.7. The van der Waals surface area contributed by atoms with Gasteiger partial charge in [0.1, 0.15) is 0 Å². The summed E-state index contributed by atoms with van der Waals surface area (Å²) in [5.41, 5.74) is 3.53. The number of fused-ring (bicyclic) bond motifs is 1. The van der Waals surface area contributed by atoms with Crippen LogP contribution in [-0.2, 0) is 17.8 Å². The molecule has 0 bridgehead atoms. The van der Waals surface area contributed by atoms with E-state index in [1.165, 1.54) is 20.9 Å². The van der Waals surface area contributed by atoms with Gasteiger partial charge in [0, 0.05) is 40.9 Å². The average Bonchev–Trinajstić information content (AvgIpc) is 2.98. The first-order valence-electron chi connectivity index (χ1n) is 8.16. The van der Waals surface area contributed by atoms with Gasteiger partial charge < -0.3 is 0 Å². The highest BCUT2D eigenvalue weighted by atomic mass is 32.1. The van der Waals surface area contributed by atoms with Crippen LogP contribution >= 0.6 is 11.3 Å². The number of Topliss-reactive ketones (excluding diaryl/α,β-unsaturated/α-hetero) is 1. The average molecular weight is 325 g/mol. The summed E-state index contributed by atoms with van der Waals surface area (Å²) >= 11 is 1.92. The molecule has 0 saturated heterocycles. The summed E-state index contributed by atoms with van der Waals surface area (Å²) in [6.07, 6.45) is 1.08. The van der Waals surface area contributed by atoms with Crippen molar-refractivity contribution < 1.29 is 4.79 Å². The van der Waals surface area contributed by atoms with Gasteiger partial charge in [0.05, 0.1) is 0 Å². The highest BCUT2D eigenvalue weighted by Gasteiger charge is 2.29. The minimum absolute atomic E-state index is 0.0903. The molecular weight excluding hydrogens is 302 g/mol. The van der Waals surface area contributed by atoms with Gasteiger partial charge in [0.2, 0.25) is 0 Å². The lowest BCUT2D eigenvalue weighted by Crippen LogP contribution is -2.35. The Morgan fingerprint density at radius 3 is 2.74 bits per heavy atom. The number of hydrogen-bond donors (Lipinski definition) is 0. The first kappa shape index (κ1) is 16.2. The lowest BCUT2D eigenvalue weighted by atomic mass is 9.88. The molecule has 0 aliphatic carbocycles. The number of hydrogen-bond acceptors (Lipinski definition) is 3. The number of benzene rings is 1. The number of ketones is 1. The Kier molecular flexibility index (Phi) is 4.79. The second-order valence-electron chi connectivity index (χ2n) is 6.24. The SMILES string of the molecule is C=C(CN1Cc2sc(CC)cc2[C@@H](c2ccccc2)C1)C(C)=O. The highest BCUT2D eigenvalue weighted by Crippen LogP contribution is 2.38. The largest absolute Gasteiger partial charge is 0.295 e. The molecule has 1 atom stereocenters. The van der Waals surface area contributed by atoms with Crippen LogP contribution in [0.1, 0.15) is 40.6 Å². The van der Waals surface area contributed by atoms with Crippen molar-refractivity contribution in [3.8, 4) is 0 Å². The van der Waals surface area contributed by atoms with Crippen LogP contribution in [0.15, 0.2) is 48.6 Å². The Labute approximate surface area is 142 Å². The molecule has 0 saturated carbocycles. The van der Waals surface area contributed by atoms with Gasteiger partial charge in [0.15, 0.2) is 5.78 Å². The van der Waals surface area contributed by atoms with E-state index in [2.05, 4.69) is 54.8 Å². The summed E-state index contributed by atoms with van der Waals surface area (Å²) < 4.78 is 0. The third-order valence-electron chi connectivity index (χ3n) is 4.54. The van der Waals surface area contributed by atoms with Crippen LogP contribution in [0.4, 0.5) is 0 Å². The number of carbonyl (C=O) groups is 1. The molecule has 0 spiro atoms. The molecule has 1 aliphatic heterocycles. The third kappa shape index (κ3) is 3.46. The van der Waals surface area contributed by atoms with Crippen LogP contribution in [0.25, 0.3) is 0 Å². The van der Waals surface area contributed by atoms with Crippen molar-refractivity contribution in [3.63, 3.8) is 0 Å². The van der Waals surface area contributed by atoms with Crippen LogP contribution in [0.5, 0.6) is 0 Å². The fourth-order valence-electron chi connectivity index (χ4n) is 3.19. The van der Waals surface area contributed by atoms with E-state index in [1.807, 2.05) is 11.3 Å². The van der Waals surface area contributed by atoms with Crippen molar-refractivity contribution in [1.29, 1.82) is 0 Å². The molecule has 23 heavy (non-hydrogen) atoms.